The molecule has 0 heterocycles. The van der Waals surface area contributed by atoms with Crippen LogP contribution in [0.1, 0.15) is 334 Å². The lowest BCUT2D eigenvalue weighted by Crippen LogP contribution is -2.38. The van der Waals surface area contributed by atoms with Crippen molar-refractivity contribution in [3.8, 4) is 0 Å². The van der Waals surface area contributed by atoms with Crippen molar-refractivity contribution < 1.29 is 0 Å². The summed E-state index contributed by atoms with van der Waals surface area (Å²) >= 11 is 0. The SMILES string of the molecule is C1C2CC3C1C3C2.C1C2CC3CC1CC(C2)C3.C1C2CC3CC1CC3C2.C1CC2C3C1C23.C1CC2C3CCC(C3)C2C1.C1CC2CC1C1C3CCC(C3)C21.C1CC2CC1C1CCC21.C1CC2CC3CCCC3(C1)C2.C1CCC2C3C(C1)C23.C1CCC2C3CCC2C(C1)C3. The minimum Gasteiger partial charge on any atom is -0.0530 e. The van der Waals surface area contributed by atoms with Crippen molar-refractivity contribution in [3.05, 3.63) is 0 Å². The highest BCUT2D eigenvalue weighted by atomic mass is 14.8. The summed E-state index contributed by atoms with van der Waals surface area (Å²) in [7, 11) is 0. The van der Waals surface area contributed by atoms with Gasteiger partial charge in [-0.1, -0.05) is 57.8 Å². The first kappa shape index (κ1) is 60.6. The molecule has 19 unspecified atom stereocenters. The summed E-state index contributed by atoms with van der Waals surface area (Å²) < 4.78 is 0. The Balaban J connectivity index is 0.0000000678. The van der Waals surface area contributed by atoms with Crippen LogP contribution in [0.25, 0.3) is 0 Å². The van der Waals surface area contributed by atoms with E-state index in [2.05, 4.69) is 0 Å². The third kappa shape index (κ3) is 10.9. The summed E-state index contributed by atoms with van der Waals surface area (Å²) in [6.07, 6.45) is 83.0. The molecule has 0 saturated heterocycles. The normalized spacial score (nSPS) is 61.9. The first-order valence-corrected chi connectivity index (χ1v) is 45.9. The molecule has 0 aromatic rings. The van der Waals surface area contributed by atoms with Crippen LogP contribution in [0.4, 0.5) is 0 Å². The van der Waals surface area contributed by atoms with Gasteiger partial charge in [-0.25, -0.2) is 0 Å². The predicted octanol–water partition coefficient (Wildman–Crippen LogP) is 25.2. The van der Waals surface area contributed by atoms with Crippen molar-refractivity contribution in [3.63, 3.8) is 0 Å². The van der Waals surface area contributed by atoms with Gasteiger partial charge in [0.25, 0.3) is 0 Å². The molecule has 19 atom stereocenters. The van der Waals surface area contributed by atoms with E-state index in [4.69, 9.17) is 0 Å². The maximum Gasteiger partial charge on any atom is -0.0266 e. The molecule has 0 aliphatic heterocycles. The molecule has 30 bridgehead atoms. The summed E-state index contributed by atoms with van der Waals surface area (Å²) in [6.45, 7) is 0. The zero-order valence-corrected chi connectivity index (χ0v) is 60.4. The van der Waals surface area contributed by atoms with Crippen LogP contribution in [-0.2, 0) is 0 Å². The van der Waals surface area contributed by atoms with Crippen LogP contribution in [0.3, 0.4) is 0 Å². The zero-order valence-electron chi connectivity index (χ0n) is 60.4. The third-order valence-corrected chi connectivity index (χ3v) is 41.0. The van der Waals surface area contributed by atoms with E-state index in [1.165, 1.54) is 231 Å². The zero-order chi connectivity index (χ0) is 60.4. The van der Waals surface area contributed by atoms with Gasteiger partial charge in [0.05, 0.1) is 0 Å². The Hall–Kier alpha value is 0. The third-order valence-electron chi connectivity index (χ3n) is 41.0. The van der Waals surface area contributed by atoms with Crippen molar-refractivity contribution in [1.29, 1.82) is 0 Å². The molecule has 1 spiro atoms. The summed E-state index contributed by atoms with van der Waals surface area (Å²) in [5.41, 5.74) is 0.906. The minimum absolute atomic E-state index is 0.906. The van der Waals surface area contributed by atoms with E-state index >= 15 is 0 Å². The van der Waals surface area contributed by atoms with E-state index in [0.29, 0.717) is 0 Å². The summed E-state index contributed by atoms with van der Waals surface area (Å²) in [4.78, 5) is 0. The van der Waals surface area contributed by atoms with Crippen LogP contribution in [0, 0.1) is 242 Å². The van der Waals surface area contributed by atoms with Gasteiger partial charge in [-0.05, 0) is 518 Å². The lowest BCUT2D eigenvalue weighted by molar-refractivity contribution is 0.0198. The van der Waals surface area contributed by atoms with Crippen LogP contribution >= 0.6 is 0 Å². The van der Waals surface area contributed by atoms with Crippen molar-refractivity contribution in [2.75, 3.05) is 0 Å². The molecule has 0 nitrogen and oxygen atoms in total. The second-order valence-electron chi connectivity index (χ2n) is 44.4. The van der Waals surface area contributed by atoms with Gasteiger partial charge in [0.15, 0.2) is 0 Å². The van der Waals surface area contributed by atoms with Crippen molar-refractivity contribution in [1.82, 2.24) is 0 Å². The molecule has 516 valence electrons. The lowest BCUT2D eigenvalue weighted by Gasteiger charge is -2.49. The Morgan fingerprint density at radius 2 is 0.452 bits per heavy atom. The van der Waals surface area contributed by atoms with E-state index in [-0.39, 0.29) is 0 Å². The number of fused-ring (bicyclic) bond motifs is 24. The fraction of sp³-hybridized carbons (Fsp3) is 1.00. The molecule has 36 saturated carbocycles. The van der Waals surface area contributed by atoms with E-state index in [1.54, 1.807) is 334 Å². The molecule has 0 amide bonds. The summed E-state index contributed by atoms with van der Waals surface area (Å²) in [5, 5.41) is 0. The molecule has 0 heteroatoms. The molecule has 36 aliphatic rings. The molecule has 0 aromatic carbocycles. The maximum atomic E-state index is 1.64. The van der Waals surface area contributed by atoms with E-state index in [0.717, 1.165) is 11.3 Å². The molecule has 36 rings (SSSR count). The lowest BCUT2D eigenvalue weighted by atomic mass is 9.56. The highest BCUT2D eigenvalue weighted by molar-refractivity contribution is 5.24. The van der Waals surface area contributed by atoms with Gasteiger partial charge < -0.3 is 0 Å². The summed E-state index contributed by atoms with van der Waals surface area (Å²) in [6, 6.07) is 0. The van der Waals surface area contributed by atoms with Crippen LogP contribution in [0.5, 0.6) is 0 Å². The Bertz CT molecular complexity index is 2380. The van der Waals surface area contributed by atoms with Crippen LogP contribution in [0.2, 0.25) is 0 Å². The Morgan fingerprint density at radius 3 is 0.849 bits per heavy atom. The number of hydrogen-bond acceptors (Lipinski definition) is 0. The molecular weight excluding hydrogens is 1120 g/mol. The van der Waals surface area contributed by atoms with Crippen LogP contribution in [0.15, 0.2) is 0 Å². The number of rotatable bonds is 0. The fourth-order valence-electron chi connectivity index (χ4n) is 37.7. The largest absolute Gasteiger partial charge is 0.0530 e. The average Bonchev–Trinajstić information content (AvgIpc) is 1.48. The van der Waals surface area contributed by atoms with Gasteiger partial charge in [0, 0.05) is 0 Å². The van der Waals surface area contributed by atoms with Crippen molar-refractivity contribution in [2.24, 2.45) is 242 Å². The standard InChI is InChI=1S/C12H18.2C11H18.2C10H16.2C9H14.C8H12.C7H10.C6H8/c1-2-8-5-7(1)11-9-3-4-10(6-9)12(8)11;1-3-9-7-10-4-2-6-11(10,5-1)8-9;1-2-4-10-9-5-6-11(10)8(3-1)7-9;1-7-2-9-4-8(1)5-10(3-7)6-9;1-2-9-7-4-5-8(6-7)10(9)3-1;1-6-2-8-4-7(1)5-9(8)3-6;1-2-7-5-6(1)8-3-4-9(7)8;1-2-4-6-7-5(3-1)8(6)7;1-4-2-6-5(1)7(6)3-4;1-2-4-5-3(1)6(4)5/h7-12H,1-6H2;9-10H,1-8H2;8-11H,1-7H2;2*7-10H,1-6H2;2*6-9H,1-5H2;5-8H,1-4H2;4-7H,1-3H2;3-6H,1-2H2. The Kier molecular flexibility index (Phi) is 15.7. The smallest absolute Gasteiger partial charge is 0.0266 e. The first-order valence-electron chi connectivity index (χ1n) is 45.9. The highest BCUT2D eigenvalue weighted by Crippen LogP contribution is 2.82. The molecule has 93 heavy (non-hydrogen) atoms. The van der Waals surface area contributed by atoms with Crippen LogP contribution in [-0.4, -0.2) is 0 Å². The highest BCUT2D eigenvalue weighted by Gasteiger charge is 2.76. The molecule has 36 aliphatic carbocycles. The topological polar surface area (TPSA) is 0 Å². The van der Waals surface area contributed by atoms with E-state index in [1.807, 2.05) is 0 Å². The molecule has 36 fully saturated rings. The van der Waals surface area contributed by atoms with Crippen molar-refractivity contribution >= 4 is 0 Å². The molecule has 0 aromatic heterocycles. The Morgan fingerprint density at radius 1 is 0.151 bits per heavy atom. The van der Waals surface area contributed by atoms with Gasteiger partial charge in [-0.2, -0.15) is 0 Å². The quantitative estimate of drug-likeness (QED) is 0.212. The fourth-order valence-corrected chi connectivity index (χ4v) is 37.7. The van der Waals surface area contributed by atoms with E-state index in [9.17, 15) is 0 Å². The Labute approximate surface area is 572 Å². The second kappa shape index (κ2) is 24.0. The van der Waals surface area contributed by atoms with Gasteiger partial charge in [-0.15, -0.1) is 0 Å². The molecule has 0 radical (unpaired) electrons. The maximum absolute atomic E-state index is 1.64. The van der Waals surface area contributed by atoms with Gasteiger partial charge >= 0.3 is 0 Å². The van der Waals surface area contributed by atoms with Gasteiger partial charge in [0.1, 0.15) is 0 Å². The number of hydrogen-bond donors (Lipinski definition) is 0. The minimum atomic E-state index is 0.906. The molecule has 0 N–H and O–H groups in total. The first-order chi connectivity index (χ1) is 45.9. The summed E-state index contributed by atoms with van der Waals surface area (Å²) in [5.74, 6) is 48.7. The van der Waals surface area contributed by atoms with Crippen molar-refractivity contribution in [2.45, 2.75) is 334 Å². The average molecular weight is 1260 g/mol. The van der Waals surface area contributed by atoms with Crippen LogP contribution < -0.4 is 0 Å². The predicted molar refractivity (Wildman–Crippen MR) is 382 cm³/mol. The van der Waals surface area contributed by atoms with Gasteiger partial charge in [-0.3, -0.25) is 0 Å². The monoisotopic (exact) mass is 1260 g/mol. The molecular formula is C93H144. The van der Waals surface area contributed by atoms with Gasteiger partial charge in [0.2, 0.25) is 0 Å². The van der Waals surface area contributed by atoms with E-state index < -0.39 is 0 Å². The second-order valence-corrected chi connectivity index (χ2v) is 44.4.